The largest absolute Gasteiger partial charge is 0.371 e. The molecular formula is C23H24N6O3S. The normalized spacial score (nSPS) is 20.7. The Bertz CT molecular complexity index is 1580. The van der Waals surface area contributed by atoms with E-state index >= 15 is 0 Å². The fourth-order valence-electron chi connectivity index (χ4n) is 5.24. The van der Waals surface area contributed by atoms with E-state index in [1.165, 1.54) is 4.52 Å². The van der Waals surface area contributed by atoms with Gasteiger partial charge in [-0.05, 0) is 55.5 Å². The molecule has 9 nitrogen and oxygen atoms in total. The highest BCUT2D eigenvalue weighted by Crippen LogP contribution is 2.32. The van der Waals surface area contributed by atoms with Crippen LogP contribution in [0.4, 0.5) is 5.69 Å². The van der Waals surface area contributed by atoms with Gasteiger partial charge in [0.1, 0.15) is 0 Å². The molecule has 2 aromatic heterocycles. The smallest absolute Gasteiger partial charge is 0.281 e. The van der Waals surface area contributed by atoms with Crippen molar-refractivity contribution in [2.75, 3.05) is 31.1 Å². The zero-order valence-electron chi connectivity index (χ0n) is 18.4. The number of aryl methyl sites for hydroxylation is 2. The fraction of sp³-hybridized carbons (Fsp3) is 0.348. The lowest BCUT2D eigenvalue weighted by atomic mass is 10.0. The van der Waals surface area contributed by atoms with Crippen LogP contribution in [0.5, 0.6) is 0 Å². The molecule has 4 aromatic rings. The van der Waals surface area contributed by atoms with E-state index in [4.69, 9.17) is 0 Å². The Balaban J connectivity index is 1.50. The van der Waals surface area contributed by atoms with E-state index in [1.54, 1.807) is 25.1 Å². The van der Waals surface area contributed by atoms with Crippen molar-refractivity contribution in [1.82, 2.24) is 25.1 Å². The average molecular weight is 465 g/mol. The standard InChI is InChI=1S/C23H24N6O3S/c1-13-3-6-20(14(2)7-13)33(31,32)23-21-25-22(30)18-5-4-17(8-19(18)29(21)27-26-23)28-11-15-9-24-10-16(15)12-28/h3-8,15-16,24,27H,9-12H2,1-2H3/t15-,16+. The number of rotatable bonds is 3. The fourth-order valence-corrected chi connectivity index (χ4v) is 6.72. The molecule has 2 atom stereocenters. The Labute approximate surface area is 190 Å². The van der Waals surface area contributed by atoms with E-state index in [2.05, 4.69) is 25.5 Å². The van der Waals surface area contributed by atoms with Crippen molar-refractivity contribution in [1.29, 1.82) is 0 Å². The minimum atomic E-state index is -3.97. The molecule has 10 heteroatoms. The summed E-state index contributed by atoms with van der Waals surface area (Å²) in [5.74, 6) is 1.25. The molecule has 4 heterocycles. The van der Waals surface area contributed by atoms with Gasteiger partial charge in [0.05, 0.1) is 15.8 Å². The second-order valence-corrected chi connectivity index (χ2v) is 11.0. The number of hydrogen-bond donors (Lipinski definition) is 2. The third-order valence-corrected chi connectivity index (χ3v) is 8.76. The van der Waals surface area contributed by atoms with Crippen molar-refractivity contribution in [2.24, 2.45) is 11.8 Å². The van der Waals surface area contributed by atoms with Crippen molar-refractivity contribution in [2.45, 2.75) is 23.8 Å². The molecule has 0 saturated carbocycles. The van der Waals surface area contributed by atoms with Crippen LogP contribution in [0.3, 0.4) is 0 Å². The summed E-state index contributed by atoms with van der Waals surface area (Å²) in [6.07, 6.45) is 0. The SMILES string of the molecule is Cc1ccc(S(=O)(=O)c2n[nH]n3c2nc(=O)c2ccc(N4C[C@H]5CNC[C@H]5C4)cc23)c(C)c1. The summed E-state index contributed by atoms with van der Waals surface area (Å²) >= 11 is 0. The lowest BCUT2D eigenvalue weighted by Crippen LogP contribution is -2.25. The van der Waals surface area contributed by atoms with Gasteiger partial charge in [0, 0.05) is 31.9 Å². The Morgan fingerprint density at radius 1 is 1.03 bits per heavy atom. The lowest BCUT2D eigenvalue weighted by molar-refractivity contribution is 0.533. The van der Waals surface area contributed by atoms with Crippen molar-refractivity contribution in [3.05, 3.63) is 57.9 Å². The first kappa shape index (κ1) is 20.4. The Kier molecular flexibility index (Phi) is 4.40. The highest BCUT2D eigenvalue weighted by molar-refractivity contribution is 7.91. The van der Waals surface area contributed by atoms with Crippen LogP contribution in [0.15, 0.2) is 51.1 Å². The molecule has 2 aromatic carbocycles. The molecule has 0 aliphatic carbocycles. The number of hydrogen-bond acceptors (Lipinski definition) is 7. The first-order valence-electron chi connectivity index (χ1n) is 11.0. The number of fused-ring (bicyclic) bond motifs is 4. The third kappa shape index (κ3) is 3.08. The maximum Gasteiger partial charge on any atom is 0.281 e. The summed E-state index contributed by atoms with van der Waals surface area (Å²) in [6, 6.07) is 10.8. The molecule has 0 spiro atoms. The molecule has 0 bridgehead atoms. The number of sulfone groups is 1. The van der Waals surface area contributed by atoms with Gasteiger partial charge in [-0.25, -0.2) is 18.1 Å². The van der Waals surface area contributed by atoms with Crippen molar-refractivity contribution < 1.29 is 8.42 Å². The number of H-pyrrole nitrogens is 1. The number of aromatic nitrogens is 4. The number of aromatic amines is 1. The average Bonchev–Trinajstić information content (AvgIpc) is 3.48. The second-order valence-electron chi connectivity index (χ2n) is 9.15. The van der Waals surface area contributed by atoms with Crippen LogP contribution in [0, 0.1) is 25.7 Å². The van der Waals surface area contributed by atoms with E-state index in [1.807, 2.05) is 25.1 Å². The van der Waals surface area contributed by atoms with Crippen LogP contribution >= 0.6 is 0 Å². The summed E-state index contributed by atoms with van der Waals surface area (Å²) in [6.45, 7) is 7.63. The monoisotopic (exact) mass is 464 g/mol. The molecular weight excluding hydrogens is 440 g/mol. The first-order chi connectivity index (χ1) is 15.8. The van der Waals surface area contributed by atoms with Gasteiger partial charge in [-0.15, -0.1) is 5.10 Å². The predicted octanol–water partition coefficient (Wildman–Crippen LogP) is 1.68. The Hall–Kier alpha value is -3.24. The summed E-state index contributed by atoms with van der Waals surface area (Å²) in [5.41, 5.74) is 2.69. The topological polar surface area (TPSA) is 112 Å². The molecule has 6 rings (SSSR count). The molecule has 0 radical (unpaired) electrons. The zero-order chi connectivity index (χ0) is 22.9. The summed E-state index contributed by atoms with van der Waals surface area (Å²) < 4.78 is 28.3. The van der Waals surface area contributed by atoms with Crippen LogP contribution in [-0.2, 0) is 9.84 Å². The summed E-state index contributed by atoms with van der Waals surface area (Å²) in [4.78, 5) is 19.4. The van der Waals surface area contributed by atoms with Gasteiger partial charge in [-0.1, -0.05) is 17.7 Å². The molecule has 2 N–H and O–H groups in total. The number of anilines is 1. The number of benzene rings is 2. The van der Waals surface area contributed by atoms with E-state index in [9.17, 15) is 13.2 Å². The number of nitrogens with one attached hydrogen (secondary N) is 2. The summed E-state index contributed by atoms with van der Waals surface area (Å²) in [7, 11) is -3.97. The van der Waals surface area contributed by atoms with Crippen LogP contribution in [0.1, 0.15) is 11.1 Å². The van der Waals surface area contributed by atoms with Gasteiger partial charge < -0.3 is 10.2 Å². The van der Waals surface area contributed by atoms with Gasteiger partial charge >= 0.3 is 0 Å². The Morgan fingerprint density at radius 2 is 1.79 bits per heavy atom. The maximum absolute atomic E-state index is 13.4. The van der Waals surface area contributed by atoms with Crippen LogP contribution in [0.25, 0.3) is 16.6 Å². The van der Waals surface area contributed by atoms with Gasteiger partial charge in [-0.2, -0.15) is 4.98 Å². The van der Waals surface area contributed by atoms with Crippen molar-refractivity contribution >= 4 is 32.1 Å². The van der Waals surface area contributed by atoms with Gasteiger partial charge in [0.25, 0.3) is 5.56 Å². The minimum absolute atomic E-state index is 0.00659. The number of nitrogens with zero attached hydrogens (tertiary/aromatic N) is 4. The van der Waals surface area contributed by atoms with Gasteiger partial charge in [0.2, 0.25) is 14.9 Å². The molecule has 33 heavy (non-hydrogen) atoms. The third-order valence-electron chi connectivity index (χ3n) is 6.94. The lowest BCUT2D eigenvalue weighted by Gasteiger charge is -2.20. The molecule has 170 valence electrons. The molecule has 2 fully saturated rings. The van der Waals surface area contributed by atoms with E-state index in [-0.39, 0.29) is 15.6 Å². The van der Waals surface area contributed by atoms with Gasteiger partial charge in [-0.3, -0.25) is 4.79 Å². The van der Waals surface area contributed by atoms with E-state index in [0.29, 0.717) is 28.3 Å². The van der Waals surface area contributed by atoms with Crippen LogP contribution in [0.2, 0.25) is 0 Å². The molecule has 0 amide bonds. The van der Waals surface area contributed by atoms with Crippen LogP contribution < -0.4 is 15.8 Å². The zero-order valence-corrected chi connectivity index (χ0v) is 19.2. The minimum Gasteiger partial charge on any atom is -0.371 e. The quantitative estimate of drug-likeness (QED) is 0.474. The maximum atomic E-state index is 13.4. The molecule has 0 unspecified atom stereocenters. The van der Waals surface area contributed by atoms with Crippen molar-refractivity contribution in [3.63, 3.8) is 0 Å². The summed E-state index contributed by atoms with van der Waals surface area (Å²) in [5, 5.41) is 10.5. The van der Waals surface area contributed by atoms with Crippen molar-refractivity contribution in [3.8, 4) is 0 Å². The molecule has 2 saturated heterocycles. The molecule has 2 aliphatic rings. The van der Waals surface area contributed by atoms with E-state index in [0.717, 1.165) is 37.4 Å². The predicted molar refractivity (Wildman–Crippen MR) is 125 cm³/mol. The Morgan fingerprint density at radius 3 is 2.52 bits per heavy atom. The first-order valence-corrected chi connectivity index (χ1v) is 12.5. The highest BCUT2D eigenvalue weighted by Gasteiger charge is 2.36. The highest BCUT2D eigenvalue weighted by atomic mass is 32.2. The van der Waals surface area contributed by atoms with Gasteiger partial charge in [0.15, 0.2) is 5.65 Å². The second kappa shape index (κ2) is 7.13. The van der Waals surface area contributed by atoms with E-state index < -0.39 is 15.4 Å². The molecule has 2 aliphatic heterocycles. The van der Waals surface area contributed by atoms with Crippen LogP contribution in [-0.4, -0.2) is 54.4 Å².